The molecule has 2 amide bonds. The molecule has 0 N–H and O–H groups in total. The standard InChI is InChI=1S/C12H14ClN3O4S2/c1-14-7-10(17)16-5-4-15(6-8(16)12(14)18)22(19,20)11-3-2-9(13)21-11/h2-3,8H,4-7H2,1H3/t8-/m1/s1. The Hall–Kier alpha value is -1.16. The van der Waals surface area contributed by atoms with Crippen LogP contribution in [0, 0.1) is 0 Å². The molecule has 0 radical (unpaired) electrons. The molecule has 0 aliphatic carbocycles. The average molecular weight is 364 g/mol. The zero-order chi connectivity index (χ0) is 16.1. The largest absolute Gasteiger partial charge is 0.335 e. The summed E-state index contributed by atoms with van der Waals surface area (Å²) in [7, 11) is -2.15. The second-order valence-electron chi connectivity index (χ2n) is 5.22. The van der Waals surface area contributed by atoms with Gasteiger partial charge in [-0.2, -0.15) is 4.31 Å². The van der Waals surface area contributed by atoms with Crippen molar-refractivity contribution in [3.05, 3.63) is 16.5 Å². The molecule has 2 aliphatic heterocycles. The van der Waals surface area contributed by atoms with E-state index in [1.54, 1.807) is 7.05 Å². The van der Waals surface area contributed by atoms with Crippen LogP contribution in [0.1, 0.15) is 0 Å². The van der Waals surface area contributed by atoms with Crippen LogP contribution < -0.4 is 0 Å². The van der Waals surface area contributed by atoms with Crippen LogP contribution in [0.25, 0.3) is 0 Å². The van der Waals surface area contributed by atoms with Gasteiger partial charge in [0.05, 0.1) is 10.9 Å². The number of carbonyl (C=O) groups is 2. The number of amides is 2. The third-order valence-electron chi connectivity index (χ3n) is 3.84. The van der Waals surface area contributed by atoms with E-state index in [0.29, 0.717) is 4.34 Å². The molecule has 0 bridgehead atoms. The Morgan fingerprint density at radius 1 is 1.27 bits per heavy atom. The van der Waals surface area contributed by atoms with Crippen molar-refractivity contribution in [3.8, 4) is 0 Å². The molecule has 0 unspecified atom stereocenters. The molecule has 22 heavy (non-hydrogen) atoms. The van der Waals surface area contributed by atoms with E-state index in [2.05, 4.69) is 0 Å². The minimum absolute atomic E-state index is 0.0211. The SMILES string of the molecule is CN1CC(=O)N2CCN(S(=O)(=O)c3ccc(Cl)s3)C[C@@H]2C1=O. The van der Waals surface area contributed by atoms with Crippen LogP contribution in [0.4, 0.5) is 0 Å². The van der Waals surface area contributed by atoms with Crippen molar-refractivity contribution in [3.63, 3.8) is 0 Å². The average Bonchev–Trinajstić information content (AvgIpc) is 2.91. The van der Waals surface area contributed by atoms with Crippen LogP contribution in [-0.2, 0) is 19.6 Å². The zero-order valence-corrected chi connectivity index (χ0v) is 14.1. The third-order valence-corrected chi connectivity index (χ3v) is 7.40. The number of sulfonamides is 1. The summed E-state index contributed by atoms with van der Waals surface area (Å²) in [5.41, 5.74) is 0. The maximum Gasteiger partial charge on any atom is 0.252 e. The van der Waals surface area contributed by atoms with Gasteiger partial charge in [-0.1, -0.05) is 11.6 Å². The lowest BCUT2D eigenvalue weighted by Crippen LogP contribution is -2.66. The number of piperazine rings is 2. The van der Waals surface area contributed by atoms with E-state index >= 15 is 0 Å². The highest BCUT2D eigenvalue weighted by Gasteiger charge is 2.44. The lowest BCUT2D eigenvalue weighted by molar-refractivity contribution is -0.156. The molecule has 2 saturated heterocycles. The van der Waals surface area contributed by atoms with Crippen LogP contribution in [0.15, 0.2) is 16.3 Å². The lowest BCUT2D eigenvalue weighted by Gasteiger charge is -2.44. The van der Waals surface area contributed by atoms with Crippen LogP contribution >= 0.6 is 22.9 Å². The van der Waals surface area contributed by atoms with Gasteiger partial charge in [0.2, 0.25) is 11.8 Å². The molecular weight excluding hydrogens is 350 g/mol. The van der Waals surface area contributed by atoms with Gasteiger partial charge >= 0.3 is 0 Å². The number of halogens is 1. The topological polar surface area (TPSA) is 78.0 Å². The molecule has 0 spiro atoms. The van der Waals surface area contributed by atoms with E-state index in [9.17, 15) is 18.0 Å². The normalized spacial score (nSPS) is 23.8. The fraction of sp³-hybridized carbons (Fsp3) is 0.500. The van der Waals surface area contributed by atoms with Gasteiger partial charge in [-0.15, -0.1) is 11.3 Å². The summed E-state index contributed by atoms with van der Waals surface area (Å²) >= 11 is 6.78. The van der Waals surface area contributed by atoms with Crippen LogP contribution in [0.3, 0.4) is 0 Å². The van der Waals surface area contributed by atoms with Gasteiger partial charge in [-0.3, -0.25) is 9.59 Å². The first kappa shape index (κ1) is 15.7. The number of nitrogens with zero attached hydrogens (tertiary/aromatic N) is 3. The highest BCUT2D eigenvalue weighted by atomic mass is 35.5. The Morgan fingerprint density at radius 2 is 2.00 bits per heavy atom. The summed E-state index contributed by atoms with van der Waals surface area (Å²) in [5.74, 6) is -0.382. The lowest BCUT2D eigenvalue weighted by atomic mass is 10.1. The van der Waals surface area contributed by atoms with Gasteiger partial charge in [-0.25, -0.2) is 8.42 Å². The van der Waals surface area contributed by atoms with Crippen LogP contribution in [0.5, 0.6) is 0 Å². The maximum absolute atomic E-state index is 12.6. The van der Waals surface area contributed by atoms with Crippen molar-refractivity contribution in [2.45, 2.75) is 10.3 Å². The Labute approximate surface area is 137 Å². The Balaban J connectivity index is 1.86. The summed E-state index contributed by atoms with van der Waals surface area (Å²) < 4.78 is 27.0. The summed E-state index contributed by atoms with van der Waals surface area (Å²) in [6, 6.07) is 2.23. The van der Waals surface area contributed by atoms with E-state index in [0.717, 1.165) is 11.3 Å². The van der Waals surface area contributed by atoms with Gasteiger partial charge in [0, 0.05) is 26.7 Å². The fourth-order valence-corrected chi connectivity index (χ4v) is 5.75. The molecule has 1 atom stereocenters. The van der Waals surface area contributed by atoms with Crippen molar-refractivity contribution < 1.29 is 18.0 Å². The van der Waals surface area contributed by atoms with Gasteiger partial charge in [0.15, 0.2) is 0 Å². The predicted molar refractivity (Wildman–Crippen MR) is 81.2 cm³/mol. The number of thiophene rings is 1. The minimum Gasteiger partial charge on any atom is -0.335 e. The molecule has 0 aromatic carbocycles. The molecule has 120 valence electrons. The first-order chi connectivity index (χ1) is 10.3. The van der Waals surface area contributed by atoms with E-state index in [-0.39, 0.29) is 42.2 Å². The Morgan fingerprint density at radius 3 is 2.64 bits per heavy atom. The number of carbonyl (C=O) groups excluding carboxylic acids is 2. The first-order valence-electron chi connectivity index (χ1n) is 6.60. The second-order valence-corrected chi connectivity index (χ2v) is 9.10. The summed E-state index contributed by atoms with van der Waals surface area (Å²) in [4.78, 5) is 27.0. The minimum atomic E-state index is -3.69. The van der Waals surface area contributed by atoms with E-state index in [4.69, 9.17) is 11.6 Å². The van der Waals surface area contributed by atoms with Crippen LogP contribution in [-0.4, -0.2) is 73.6 Å². The molecule has 1 aromatic heterocycles. The Bertz CT molecular complexity index is 732. The zero-order valence-electron chi connectivity index (χ0n) is 11.7. The quantitative estimate of drug-likeness (QED) is 0.745. The number of hydrogen-bond acceptors (Lipinski definition) is 5. The molecule has 10 heteroatoms. The molecule has 2 fully saturated rings. The third kappa shape index (κ3) is 2.51. The Kier molecular flexibility index (Phi) is 3.92. The van der Waals surface area contributed by atoms with Gasteiger partial charge < -0.3 is 9.80 Å². The molecule has 7 nitrogen and oxygen atoms in total. The molecule has 3 rings (SSSR count). The number of fused-ring (bicyclic) bond motifs is 1. The predicted octanol–water partition coefficient (Wildman–Crippen LogP) is 0.0750. The number of likely N-dealkylation sites (N-methyl/N-ethyl adjacent to an activating group) is 1. The van der Waals surface area contributed by atoms with Crippen molar-refractivity contribution in [2.75, 3.05) is 33.2 Å². The smallest absolute Gasteiger partial charge is 0.252 e. The second kappa shape index (κ2) is 5.48. The van der Waals surface area contributed by atoms with Crippen molar-refractivity contribution in [1.82, 2.24) is 14.1 Å². The van der Waals surface area contributed by atoms with Crippen LogP contribution in [0.2, 0.25) is 4.34 Å². The van der Waals surface area contributed by atoms with Gasteiger partial charge in [-0.05, 0) is 12.1 Å². The maximum atomic E-state index is 12.6. The monoisotopic (exact) mass is 363 g/mol. The number of rotatable bonds is 2. The molecule has 3 heterocycles. The molecule has 0 saturated carbocycles. The molecule has 1 aromatic rings. The van der Waals surface area contributed by atoms with E-state index in [1.165, 1.54) is 26.2 Å². The highest BCUT2D eigenvalue weighted by Crippen LogP contribution is 2.30. The van der Waals surface area contributed by atoms with Crippen molar-refractivity contribution in [1.29, 1.82) is 0 Å². The summed E-state index contributed by atoms with van der Waals surface area (Å²) in [5, 5.41) is 0. The summed E-state index contributed by atoms with van der Waals surface area (Å²) in [6.07, 6.45) is 0. The fourth-order valence-electron chi connectivity index (χ4n) is 2.68. The van der Waals surface area contributed by atoms with E-state index < -0.39 is 16.1 Å². The molecule has 2 aliphatic rings. The van der Waals surface area contributed by atoms with Crippen molar-refractivity contribution in [2.24, 2.45) is 0 Å². The summed E-state index contributed by atoms with van der Waals surface area (Å²) in [6.45, 7) is 0.424. The van der Waals surface area contributed by atoms with Crippen molar-refractivity contribution >= 4 is 44.8 Å². The van der Waals surface area contributed by atoms with E-state index in [1.807, 2.05) is 0 Å². The number of hydrogen-bond donors (Lipinski definition) is 0. The van der Waals surface area contributed by atoms with Gasteiger partial charge in [0.1, 0.15) is 10.3 Å². The molecular formula is C12H14ClN3O4S2. The van der Waals surface area contributed by atoms with Gasteiger partial charge in [0.25, 0.3) is 10.0 Å². The first-order valence-corrected chi connectivity index (χ1v) is 9.24. The highest BCUT2D eigenvalue weighted by molar-refractivity contribution is 7.91.